The van der Waals surface area contributed by atoms with Gasteiger partial charge in [0.1, 0.15) is 0 Å². The second kappa shape index (κ2) is 5.80. The van der Waals surface area contributed by atoms with E-state index in [0.29, 0.717) is 17.1 Å². The van der Waals surface area contributed by atoms with Crippen LogP contribution in [0, 0.1) is 17.8 Å². The third kappa shape index (κ3) is 2.88. The molecule has 4 unspecified atom stereocenters. The minimum atomic E-state index is -0.581. The van der Waals surface area contributed by atoms with Crippen molar-refractivity contribution in [2.24, 2.45) is 17.8 Å². The van der Waals surface area contributed by atoms with E-state index in [4.69, 9.17) is 0 Å². The first kappa shape index (κ1) is 14.0. The SMILES string of the molecule is CC1CCC(C(=O)O)C(CC2Cc3ccccc3S2)C1. The largest absolute Gasteiger partial charge is 0.481 e. The van der Waals surface area contributed by atoms with Gasteiger partial charge in [-0.3, -0.25) is 4.79 Å². The zero-order valence-corrected chi connectivity index (χ0v) is 12.7. The van der Waals surface area contributed by atoms with E-state index in [1.807, 2.05) is 11.8 Å². The number of thioether (sulfide) groups is 1. The lowest BCUT2D eigenvalue weighted by molar-refractivity contribution is -0.145. The summed E-state index contributed by atoms with van der Waals surface area (Å²) in [6.07, 6.45) is 5.19. The Morgan fingerprint density at radius 1 is 1.35 bits per heavy atom. The van der Waals surface area contributed by atoms with E-state index in [0.717, 1.165) is 32.1 Å². The monoisotopic (exact) mass is 290 g/mol. The fourth-order valence-corrected chi connectivity index (χ4v) is 5.23. The highest BCUT2D eigenvalue weighted by atomic mass is 32.2. The highest BCUT2D eigenvalue weighted by Gasteiger charge is 2.36. The first-order chi connectivity index (χ1) is 9.63. The Kier molecular flexibility index (Phi) is 4.06. The van der Waals surface area contributed by atoms with Crippen LogP contribution in [0.25, 0.3) is 0 Å². The number of carboxylic acid groups (broad SMARTS) is 1. The van der Waals surface area contributed by atoms with E-state index in [2.05, 4.69) is 31.2 Å². The standard InChI is InChI=1S/C17H22O2S/c1-11-6-7-15(17(18)19)13(8-11)10-14-9-12-4-2-3-5-16(12)20-14/h2-5,11,13-15H,6-10H2,1H3,(H,18,19). The molecule has 0 amide bonds. The molecule has 1 aromatic rings. The van der Waals surface area contributed by atoms with Crippen LogP contribution in [0.4, 0.5) is 0 Å². The van der Waals surface area contributed by atoms with Gasteiger partial charge in [0.15, 0.2) is 0 Å². The third-order valence-electron chi connectivity index (χ3n) is 4.84. The van der Waals surface area contributed by atoms with Crippen molar-refractivity contribution in [3.63, 3.8) is 0 Å². The van der Waals surface area contributed by atoms with Gasteiger partial charge in [0.2, 0.25) is 0 Å². The van der Waals surface area contributed by atoms with Gasteiger partial charge in [-0.2, -0.15) is 0 Å². The molecule has 0 bridgehead atoms. The summed E-state index contributed by atoms with van der Waals surface area (Å²) in [5.41, 5.74) is 1.44. The molecule has 1 aliphatic carbocycles. The molecule has 2 aliphatic rings. The molecule has 0 saturated heterocycles. The molecule has 3 rings (SSSR count). The summed E-state index contributed by atoms with van der Waals surface area (Å²) in [6.45, 7) is 2.27. The number of aliphatic carboxylic acids is 1. The normalized spacial score (nSPS) is 32.9. The molecule has 2 nitrogen and oxygen atoms in total. The highest BCUT2D eigenvalue weighted by Crippen LogP contribution is 2.44. The molecule has 20 heavy (non-hydrogen) atoms. The van der Waals surface area contributed by atoms with Crippen molar-refractivity contribution in [2.75, 3.05) is 0 Å². The van der Waals surface area contributed by atoms with Gasteiger partial charge in [-0.05, 0) is 55.6 Å². The molecule has 1 fully saturated rings. The number of rotatable bonds is 3. The van der Waals surface area contributed by atoms with Crippen molar-refractivity contribution >= 4 is 17.7 Å². The van der Waals surface area contributed by atoms with E-state index < -0.39 is 5.97 Å². The Morgan fingerprint density at radius 2 is 2.15 bits per heavy atom. The van der Waals surface area contributed by atoms with Crippen LogP contribution < -0.4 is 0 Å². The number of hydrogen-bond acceptors (Lipinski definition) is 2. The van der Waals surface area contributed by atoms with E-state index in [1.165, 1.54) is 10.5 Å². The summed E-state index contributed by atoms with van der Waals surface area (Å²) in [5.74, 6) is 0.352. The molecule has 4 atom stereocenters. The van der Waals surface area contributed by atoms with Crippen LogP contribution in [0.5, 0.6) is 0 Å². The Labute approximate surface area is 125 Å². The maximum Gasteiger partial charge on any atom is 0.306 e. The Hall–Kier alpha value is -0.960. The highest BCUT2D eigenvalue weighted by molar-refractivity contribution is 8.00. The van der Waals surface area contributed by atoms with Crippen LogP contribution in [-0.2, 0) is 11.2 Å². The maximum atomic E-state index is 11.5. The average Bonchev–Trinajstić information content (AvgIpc) is 2.80. The smallest absolute Gasteiger partial charge is 0.306 e. The van der Waals surface area contributed by atoms with Gasteiger partial charge in [0.25, 0.3) is 0 Å². The fourth-order valence-electron chi connectivity index (χ4n) is 3.81. The van der Waals surface area contributed by atoms with Crippen LogP contribution in [0.15, 0.2) is 29.2 Å². The minimum Gasteiger partial charge on any atom is -0.481 e. The Morgan fingerprint density at radius 3 is 2.90 bits per heavy atom. The molecule has 0 radical (unpaired) electrons. The first-order valence-corrected chi connectivity index (χ1v) is 8.49. The van der Waals surface area contributed by atoms with E-state index in [-0.39, 0.29) is 5.92 Å². The summed E-state index contributed by atoms with van der Waals surface area (Å²) in [5, 5.41) is 10.0. The number of carboxylic acids is 1. The summed E-state index contributed by atoms with van der Waals surface area (Å²) < 4.78 is 0. The predicted molar refractivity (Wildman–Crippen MR) is 82.0 cm³/mol. The molecule has 1 aromatic carbocycles. The predicted octanol–water partition coefficient (Wildman–Crippen LogP) is 4.23. The number of fused-ring (bicyclic) bond motifs is 1. The van der Waals surface area contributed by atoms with Crippen LogP contribution in [0.2, 0.25) is 0 Å². The summed E-state index contributed by atoms with van der Waals surface area (Å²) >= 11 is 1.95. The van der Waals surface area contributed by atoms with Crippen molar-refractivity contribution in [2.45, 2.75) is 49.2 Å². The van der Waals surface area contributed by atoms with E-state index >= 15 is 0 Å². The molecule has 1 N–H and O–H groups in total. The van der Waals surface area contributed by atoms with E-state index in [1.54, 1.807) is 0 Å². The zero-order valence-electron chi connectivity index (χ0n) is 11.9. The zero-order chi connectivity index (χ0) is 14.1. The molecule has 1 heterocycles. The quantitative estimate of drug-likeness (QED) is 0.905. The van der Waals surface area contributed by atoms with Gasteiger partial charge in [0, 0.05) is 10.1 Å². The topological polar surface area (TPSA) is 37.3 Å². The third-order valence-corrected chi connectivity index (χ3v) is 6.19. The summed E-state index contributed by atoms with van der Waals surface area (Å²) in [4.78, 5) is 12.9. The van der Waals surface area contributed by atoms with Crippen molar-refractivity contribution in [3.05, 3.63) is 29.8 Å². The van der Waals surface area contributed by atoms with Gasteiger partial charge in [0.05, 0.1) is 5.92 Å². The van der Waals surface area contributed by atoms with Crippen LogP contribution in [-0.4, -0.2) is 16.3 Å². The maximum absolute atomic E-state index is 11.5. The Bertz CT molecular complexity index is 475. The molecule has 0 spiro atoms. The fraction of sp³-hybridized carbons (Fsp3) is 0.588. The van der Waals surface area contributed by atoms with E-state index in [9.17, 15) is 9.90 Å². The minimum absolute atomic E-state index is 0.115. The summed E-state index contributed by atoms with van der Waals surface area (Å²) in [7, 11) is 0. The van der Waals surface area contributed by atoms with Crippen molar-refractivity contribution in [1.29, 1.82) is 0 Å². The Balaban J connectivity index is 1.66. The molecule has 3 heteroatoms. The molecular weight excluding hydrogens is 268 g/mol. The average molecular weight is 290 g/mol. The summed E-state index contributed by atoms with van der Waals surface area (Å²) in [6, 6.07) is 8.60. The van der Waals surface area contributed by atoms with Gasteiger partial charge in [-0.1, -0.05) is 25.1 Å². The molecule has 1 saturated carbocycles. The lowest BCUT2D eigenvalue weighted by Gasteiger charge is -2.33. The molecule has 1 aliphatic heterocycles. The molecular formula is C17H22O2S. The lowest BCUT2D eigenvalue weighted by atomic mass is 9.72. The number of hydrogen-bond donors (Lipinski definition) is 1. The van der Waals surface area contributed by atoms with Crippen molar-refractivity contribution < 1.29 is 9.90 Å². The molecule has 0 aromatic heterocycles. The second-order valence-corrected chi connectivity index (χ2v) is 7.75. The van der Waals surface area contributed by atoms with Crippen molar-refractivity contribution in [3.8, 4) is 0 Å². The number of benzene rings is 1. The van der Waals surface area contributed by atoms with Gasteiger partial charge in [-0.25, -0.2) is 0 Å². The first-order valence-electron chi connectivity index (χ1n) is 7.61. The van der Waals surface area contributed by atoms with Crippen LogP contribution in [0.3, 0.4) is 0 Å². The lowest BCUT2D eigenvalue weighted by Crippen LogP contribution is -2.31. The van der Waals surface area contributed by atoms with Gasteiger partial charge in [-0.15, -0.1) is 11.8 Å². The van der Waals surface area contributed by atoms with Crippen LogP contribution >= 0.6 is 11.8 Å². The van der Waals surface area contributed by atoms with Crippen LogP contribution in [0.1, 0.15) is 38.2 Å². The van der Waals surface area contributed by atoms with Gasteiger partial charge >= 0.3 is 5.97 Å². The number of carbonyl (C=O) groups is 1. The molecule has 108 valence electrons. The van der Waals surface area contributed by atoms with Crippen molar-refractivity contribution in [1.82, 2.24) is 0 Å². The second-order valence-electron chi connectivity index (χ2n) is 6.41. The van der Waals surface area contributed by atoms with Gasteiger partial charge < -0.3 is 5.11 Å².